The van der Waals surface area contributed by atoms with Gasteiger partial charge in [-0.25, -0.2) is 0 Å². The molecule has 0 saturated heterocycles. The number of pyridine rings is 1. The van der Waals surface area contributed by atoms with Crippen molar-refractivity contribution >= 4 is 57.5 Å². The first-order valence-electron chi connectivity index (χ1n) is 9.31. The summed E-state index contributed by atoms with van der Waals surface area (Å²) in [6.45, 7) is 1.97. The Morgan fingerprint density at radius 2 is 1.96 bits per heavy atom. The van der Waals surface area contributed by atoms with Gasteiger partial charge in [-0.3, -0.25) is 9.78 Å². The third-order valence-corrected chi connectivity index (χ3v) is 6.63. The van der Waals surface area contributed by atoms with Crippen molar-refractivity contribution < 1.29 is 4.79 Å². The van der Waals surface area contributed by atoms with Gasteiger partial charge in [-0.05, 0) is 74.1 Å². The van der Waals surface area contributed by atoms with Crippen LogP contribution in [0.3, 0.4) is 0 Å². The lowest BCUT2D eigenvalue weighted by Gasteiger charge is -2.20. The quantitative estimate of drug-likeness (QED) is 0.482. The van der Waals surface area contributed by atoms with E-state index < -0.39 is 0 Å². The van der Waals surface area contributed by atoms with Crippen LogP contribution in [0.5, 0.6) is 0 Å². The largest absolute Gasteiger partial charge is 0.324 e. The average Bonchev–Trinajstić information content (AvgIpc) is 2.67. The molecular formula is C22H20Cl2N2OS. The fourth-order valence-electron chi connectivity index (χ4n) is 3.56. The summed E-state index contributed by atoms with van der Waals surface area (Å²) in [5.41, 5.74) is 5.07. The summed E-state index contributed by atoms with van der Waals surface area (Å²) in [5, 5.41) is 5.18. The number of fused-ring (bicyclic) bond motifs is 2. The van der Waals surface area contributed by atoms with Gasteiger partial charge in [-0.2, -0.15) is 0 Å². The Balaban J connectivity index is 1.60. The van der Waals surface area contributed by atoms with Gasteiger partial charge in [0.25, 0.3) is 0 Å². The molecule has 4 rings (SSSR count). The minimum atomic E-state index is -0.0766. The fraction of sp³-hybridized carbons (Fsp3) is 0.273. The third-order valence-electron chi connectivity index (χ3n) is 4.92. The van der Waals surface area contributed by atoms with Crippen LogP contribution in [0, 0.1) is 6.92 Å². The third kappa shape index (κ3) is 4.14. The number of aromatic nitrogens is 1. The molecule has 3 nitrogen and oxygen atoms in total. The van der Waals surface area contributed by atoms with Crippen molar-refractivity contribution in [3.05, 3.63) is 63.3 Å². The van der Waals surface area contributed by atoms with E-state index in [4.69, 9.17) is 28.2 Å². The summed E-state index contributed by atoms with van der Waals surface area (Å²) < 4.78 is 0. The van der Waals surface area contributed by atoms with Crippen LogP contribution < -0.4 is 5.32 Å². The molecule has 0 radical (unpaired) electrons. The maximum atomic E-state index is 12.6. The first-order chi connectivity index (χ1) is 13.5. The topological polar surface area (TPSA) is 42.0 Å². The van der Waals surface area contributed by atoms with E-state index in [-0.39, 0.29) is 5.91 Å². The van der Waals surface area contributed by atoms with E-state index in [0.29, 0.717) is 21.5 Å². The molecule has 1 aliphatic rings. The Bertz CT molecular complexity index is 1070. The maximum Gasteiger partial charge on any atom is 0.234 e. The molecule has 1 aliphatic carbocycles. The standard InChI is InChI=1S/C22H20Cl2N2OS/c1-13-6-8-20(17(24)10-13)26-21(27)12-28-22-15-4-2-3-5-18(15)25-19-9-7-14(23)11-16(19)22/h6-11H,2-5,12H2,1H3,(H,26,27). The SMILES string of the molecule is Cc1ccc(NC(=O)CSc2c3c(nc4ccc(Cl)cc24)CCCC3)c(Cl)c1. The summed E-state index contributed by atoms with van der Waals surface area (Å²) in [4.78, 5) is 18.5. The average molecular weight is 431 g/mol. The molecular weight excluding hydrogens is 411 g/mol. The summed E-state index contributed by atoms with van der Waals surface area (Å²) in [5.74, 6) is 0.231. The number of rotatable bonds is 4. The lowest BCUT2D eigenvalue weighted by Crippen LogP contribution is -2.15. The van der Waals surface area contributed by atoms with Gasteiger partial charge < -0.3 is 5.32 Å². The lowest BCUT2D eigenvalue weighted by molar-refractivity contribution is -0.113. The van der Waals surface area contributed by atoms with Crippen LogP contribution in [-0.2, 0) is 17.6 Å². The maximum absolute atomic E-state index is 12.6. The Morgan fingerprint density at radius 1 is 1.14 bits per heavy atom. The van der Waals surface area contributed by atoms with Crippen LogP contribution in [0.25, 0.3) is 10.9 Å². The van der Waals surface area contributed by atoms with Gasteiger partial charge in [0.1, 0.15) is 0 Å². The molecule has 144 valence electrons. The zero-order valence-corrected chi connectivity index (χ0v) is 17.8. The van der Waals surface area contributed by atoms with E-state index >= 15 is 0 Å². The molecule has 1 N–H and O–H groups in total. The highest BCUT2D eigenvalue weighted by Gasteiger charge is 2.19. The Hall–Kier alpha value is -1.75. The highest BCUT2D eigenvalue weighted by Crippen LogP contribution is 2.37. The van der Waals surface area contributed by atoms with Crippen LogP contribution in [0.15, 0.2) is 41.3 Å². The molecule has 6 heteroatoms. The number of carbonyl (C=O) groups excluding carboxylic acids is 1. The van der Waals surface area contributed by atoms with Crippen molar-refractivity contribution in [1.29, 1.82) is 0 Å². The number of nitrogens with one attached hydrogen (secondary N) is 1. The summed E-state index contributed by atoms with van der Waals surface area (Å²) in [6.07, 6.45) is 4.31. The number of aryl methyl sites for hydroxylation is 2. The molecule has 0 saturated carbocycles. The number of nitrogens with zero attached hydrogens (tertiary/aromatic N) is 1. The molecule has 0 spiro atoms. The molecule has 28 heavy (non-hydrogen) atoms. The summed E-state index contributed by atoms with van der Waals surface area (Å²) in [7, 11) is 0. The monoisotopic (exact) mass is 430 g/mol. The predicted octanol–water partition coefficient (Wildman–Crippen LogP) is 6.46. The predicted molar refractivity (Wildman–Crippen MR) is 119 cm³/mol. The van der Waals surface area contributed by atoms with Crippen LogP contribution in [0.1, 0.15) is 29.7 Å². The van der Waals surface area contributed by atoms with Gasteiger partial charge in [0.15, 0.2) is 0 Å². The van der Waals surface area contributed by atoms with Crippen molar-refractivity contribution in [1.82, 2.24) is 4.98 Å². The minimum absolute atomic E-state index is 0.0766. The second-order valence-corrected chi connectivity index (χ2v) is 8.88. The molecule has 0 fully saturated rings. The van der Waals surface area contributed by atoms with E-state index in [1.807, 2.05) is 43.3 Å². The minimum Gasteiger partial charge on any atom is -0.324 e. The van der Waals surface area contributed by atoms with Crippen molar-refractivity contribution in [2.45, 2.75) is 37.5 Å². The van der Waals surface area contributed by atoms with E-state index in [9.17, 15) is 4.79 Å². The van der Waals surface area contributed by atoms with Gasteiger partial charge in [-0.15, -0.1) is 11.8 Å². The van der Waals surface area contributed by atoms with Crippen LogP contribution in [0.4, 0.5) is 5.69 Å². The van der Waals surface area contributed by atoms with Gasteiger partial charge in [0.2, 0.25) is 5.91 Å². The zero-order valence-electron chi connectivity index (χ0n) is 15.5. The Morgan fingerprint density at radius 3 is 2.79 bits per heavy atom. The molecule has 0 aliphatic heterocycles. The van der Waals surface area contributed by atoms with Crippen LogP contribution in [-0.4, -0.2) is 16.6 Å². The normalized spacial score (nSPS) is 13.4. The number of halogens is 2. The van der Waals surface area contributed by atoms with Gasteiger partial charge in [0.05, 0.1) is 22.0 Å². The van der Waals surface area contributed by atoms with Gasteiger partial charge in [-0.1, -0.05) is 29.3 Å². The zero-order chi connectivity index (χ0) is 19.7. The van der Waals surface area contributed by atoms with Crippen molar-refractivity contribution in [3.8, 4) is 0 Å². The number of hydrogen-bond acceptors (Lipinski definition) is 3. The Labute approximate surface area is 178 Å². The van der Waals surface area contributed by atoms with Crippen molar-refractivity contribution in [3.63, 3.8) is 0 Å². The highest BCUT2D eigenvalue weighted by molar-refractivity contribution is 8.00. The number of benzene rings is 2. The molecule has 1 aromatic heterocycles. The molecule has 0 bridgehead atoms. The van der Waals surface area contributed by atoms with Crippen LogP contribution in [0.2, 0.25) is 10.0 Å². The Kier molecular flexibility index (Phi) is 5.81. The highest BCUT2D eigenvalue weighted by atomic mass is 35.5. The number of hydrogen-bond donors (Lipinski definition) is 1. The van der Waals surface area contributed by atoms with Gasteiger partial charge in [0, 0.05) is 21.0 Å². The van der Waals surface area contributed by atoms with E-state index in [2.05, 4.69) is 5.32 Å². The van der Waals surface area contributed by atoms with Gasteiger partial charge >= 0.3 is 0 Å². The molecule has 1 amide bonds. The smallest absolute Gasteiger partial charge is 0.234 e. The molecule has 1 heterocycles. The van der Waals surface area contributed by atoms with Crippen LogP contribution >= 0.6 is 35.0 Å². The van der Waals surface area contributed by atoms with Crippen molar-refractivity contribution in [2.24, 2.45) is 0 Å². The van der Waals surface area contributed by atoms with E-state index in [1.165, 1.54) is 5.56 Å². The second-order valence-electron chi connectivity index (χ2n) is 7.05. The first-order valence-corrected chi connectivity index (χ1v) is 11.1. The molecule has 0 atom stereocenters. The number of amides is 1. The van der Waals surface area contributed by atoms with Crippen molar-refractivity contribution in [2.75, 3.05) is 11.1 Å². The number of anilines is 1. The van der Waals surface area contributed by atoms with E-state index in [0.717, 1.165) is 52.7 Å². The first kappa shape index (κ1) is 19.6. The fourth-order valence-corrected chi connectivity index (χ4v) is 5.08. The number of thioether (sulfide) groups is 1. The molecule has 2 aromatic carbocycles. The lowest BCUT2D eigenvalue weighted by atomic mass is 9.94. The molecule has 3 aromatic rings. The summed E-state index contributed by atoms with van der Waals surface area (Å²) in [6, 6.07) is 11.4. The number of carbonyl (C=O) groups is 1. The van der Waals surface area contributed by atoms with E-state index in [1.54, 1.807) is 11.8 Å². The summed E-state index contributed by atoms with van der Waals surface area (Å²) >= 11 is 14.0. The second kappa shape index (κ2) is 8.32. The molecule has 0 unspecified atom stereocenters.